The fourth-order valence-corrected chi connectivity index (χ4v) is 4.70. The van der Waals surface area contributed by atoms with Gasteiger partial charge in [0.25, 0.3) is 0 Å². The van der Waals surface area contributed by atoms with Gasteiger partial charge in [-0.3, -0.25) is 0 Å². The van der Waals surface area contributed by atoms with Crippen molar-refractivity contribution < 1.29 is 0 Å². The van der Waals surface area contributed by atoms with Crippen LogP contribution in [0.4, 0.5) is 0 Å². The van der Waals surface area contributed by atoms with Crippen LogP contribution in [0, 0.1) is 0 Å². The van der Waals surface area contributed by atoms with Crippen molar-refractivity contribution in [2.24, 2.45) is 0 Å². The molecule has 0 aliphatic rings. The zero-order chi connectivity index (χ0) is 17.5. The minimum atomic E-state index is 0.529. The molecule has 2 heterocycles. The van der Waals surface area contributed by atoms with E-state index in [0.29, 0.717) is 5.15 Å². The van der Waals surface area contributed by atoms with Crippen LogP contribution in [0.2, 0.25) is 5.15 Å². The molecule has 0 N–H and O–H groups in total. The molecule has 0 radical (unpaired) electrons. The summed E-state index contributed by atoms with van der Waals surface area (Å²) in [6, 6.07) is 29.3. The highest BCUT2D eigenvalue weighted by atomic mass is 35.5. The quantitative estimate of drug-likeness (QED) is 0.294. The molecule has 3 heteroatoms. The molecular formula is C23H14ClNS. The first kappa shape index (κ1) is 15.6. The zero-order valence-electron chi connectivity index (χ0n) is 13.8. The van der Waals surface area contributed by atoms with Crippen LogP contribution in [-0.2, 0) is 0 Å². The van der Waals surface area contributed by atoms with Crippen molar-refractivity contribution in [3.05, 3.63) is 90.1 Å². The molecule has 0 saturated carbocycles. The standard InChI is InChI=1S/C23H14ClNS/c24-21-14-18(16-9-5-2-6-10-16)23-22(25-21)19-13-17(11-12-20(19)26-23)15-7-3-1-4-8-15/h1-14H. The number of aromatic nitrogens is 1. The molecule has 0 unspecified atom stereocenters. The molecule has 0 saturated heterocycles. The van der Waals surface area contributed by atoms with E-state index in [2.05, 4.69) is 71.7 Å². The average molecular weight is 372 g/mol. The van der Waals surface area contributed by atoms with Gasteiger partial charge in [-0.25, -0.2) is 4.98 Å². The van der Waals surface area contributed by atoms with Gasteiger partial charge in [0.05, 0.1) is 10.2 Å². The molecule has 5 rings (SSSR count). The van der Waals surface area contributed by atoms with Crippen molar-refractivity contribution in [1.82, 2.24) is 4.98 Å². The zero-order valence-corrected chi connectivity index (χ0v) is 15.4. The highest BCUT2D eigenvalue weighted by molar-refractivity contribution is 7.26. The molecule has 124 valence electrons. The Morgan fingerprint density at radius 1 is 0.692 bits per heavy atom. The number of hydrogen-bond donors (Lipinski definition) is 0. The lowest BCUT2D eigenvalue weighted by atomic mass is 10.0. The molecule has 0 aliphatic heterocycles. The number of thiophene rings is 1. The van der Waals surface area contributed by atoms with Gasteiger partial charge in [-0.2, -0.15) is 0 Å². The number of pyridine rings is 1. The number of nitrogens with zero attached hydrogens (tertiary/aromatic N) is 1. The van der Waals surface area contributed by atoms with Crippen molar-refractivity contribution in [3.63, 3.8) is 0 Å². The van der Waals surface area contributed by atoms with Gasteiger partial charge in [-0.1, -0.05) is 78.3 Å². The largest absolute Gasteiger partial charge is 0.235 e. The van der Waals surface area contributed by atoms with Gasteiger partial charge >= 0.3 is 0 Å². The maximum absolute atomic E-state index is 6.38. The smallest absolute Gasteiger partial charge is 0.130 e. The fourth-order valence-electron chi connectivity index (χ4n) is 3.34. The summed E-state index contributed by atoms with van der Waals surface area (Å²) >= 11 is 8.16. The Balaban J connectivity index is 1.81. The van der Waals surface area contributed by atoms with E-state index >= 15 is 0 Å². The van der Waals surface area contributed by atoms with E-state index in [-0.39, 0.29) is 0 Å². The molecule has 0 atom stereocenters. The van der Waals surface area contributed by atoms with Crippen LogP contribution in [0.25, 0.3) is 42.6 Å². The molecule has 0 amide bonds. The van der Waals surface area contributed by atoms with E-state index < -0.39 is 0 Å². The molecule has 3 aromatic carbocycles. The second-order valence-corrected chi connectivity index (χ2v) is 7.65. The van der Waals surface area contributed by atoms with Gasteiger partial charge < -0.3 is 0 Å². The summed E-state index contributed by atoms with van der Waals surface area (Å²) < 4.78 is 2.41. The Kier molecular flexibility index (Phi) is 3.74. The SMILES string of the molecule is Clc1cc(-c2ccccc2)c2sc3ccc(-c4ccccc4)cc3c2n1. The molecule has 2 aromatic heterocycles. The van der Waals surface area contributed by atoms with E-state index in [9.17, 15) is 0 Å². The summed E-state index contributed by atoms with van der Waals surface area (Å²) in [7, 11) is 0. The van der Waals surface area contributed by atoms with Crippen LogP contribution >= 0.6 is 22.9 Å². The van der Waals surface area contributed by atoms with Crippen LogP contribution in [-0.4, -0.2) is 4.98 Å². The average Bonchev–Trinajstić information content (AvgIpc) is 3.06. The van der Waals surface area contributed by atoms with E-state index in [0.717, 1.165) is 22.0 Å². The summed E-state index contributed by atoms with van der Waals surface area (Å²) in [5.41, 5.74) is 5.69. The summed E-state index contributed by atoms with van der Waals surface area (Å²) in [5, 5.41) is 1.69. The number of halogens is 1. The predicted octanol–water partition coefficient (Wildman–Crippen LogP) is 7.44. The summed E-state index contributed by atoms with van der Waals surface area (Å²) in [6.07, 6.45) is 0. The number of fused-ring (bicyclic) bond motifs is 3. The molecule has 0 spiro atoms. The van der Waals surface area contributed by atoms with Crippen LogP contribution in [0.5, 0.6) is 0 Å². The Hall–Kier alpha value is -2.68. The summed E-state index contributed by atoms with van der Waals surface area (Å²) in [6.45, 7) is 0. The molecule has 1 nitrogen and oxygen atoms in total. The normalized spacial score (nSPS) is 11.3. The minimum absolute atomic E-state index is 0.529. The van der Waals surface area contributed by atoms with E-state index in [1.54, 1.807) is 11.3 Å². The van der Waals surface area contributed by atoms with Crippen molar-refractivity contribution in [1.29, 1.82) is 0 Å². The van der Waals surface area contributed by atoms with Gasteiger partial charge in [0.1, 0.15) is 5.15 Å². The van der Waals surface area contributed by atoms with Crippen LogP contribution in [0.1, 0.15) is 0 Å². The van der Waals surface area contributed by atoms with Gasteiger partial charge in [0, 0.05) is 15.6 Å². The third-order valence-electron chi connectivity index (χ3n) is 4.58. The summed E-state index contributed by atoms with van der Waals surface area (Å²) in [4.78, 5) is 4.66. The first-order chi connectivity index (χ1) is 12.8. The predicted molar refractivity (Wildman–Crippen MR) is 113 cm³/mol. The first-order valence-corrected chi connectivity index (χ1v) is 9.63. The highest BCUT2D eigenvalue weighted by Gasteiger charge is 2.14. The molecule has 5 aromatic rings. The maximum atomic E-state index is 6.38. The van der Waals surface area contributed by atoms with Gasteiger partial charge in [-0.15, -0.1) is 11.3 Å². The van der Waals surface area contributed by atoms with Crippen LogP contribution < -0.4 is 0 Å². The molecule has 0 fully saturated rings. The second-order valence-electron chi connectivity index (χ2n) is 6.22. The van der Waals surface area contributed by atoms with Crippen LogP contribution in [0.15, 0.2) is 84.9 Å². The monoisotopic (exact) mass is 371 g/mol. The van der Waals surface area contributed by atoms with E-state index in [1.165, 1.54) is 20.5 Å². The number of benzene rings is 3. The minimum Gasteiger partial charge on any atom is -0.235 e. The first-order valence-electron chi connectivity index (χ1n) is 8.43. The Labute approximate surface area is 160 Å². The Morgan fingerprint density at radius 3 is 2.12 bits per heavy atom. The third kappa shape index (κ3) is 2.59. The van der Waals surface area contributed by atoms with Crippen molar-refractivity contribution in [2.45, 2.75) is 0 Å². The fraction of sp³-hybridized carbons (Fsp3) is 0. The molecular weight excluding hydrogens is 358 g/mol. The lowest BCUT2D eigenvalue weighted by molar-refractivity contribution is 1.43. The molecule has 0 bridgehead atoms. The summed E-state index contributed by atoms with van der Waals surface area (Å²) in [5.74, 6) is 0. The van der Waals surface area contributed by atoms with Crippen LogP contribution in [0.3, 0.4) is 0 Å². The van der Waals surface area contributed by atoms with Gasteiger partial charge in [0.2, 0.25) is 0 Å². The third-order valence-corrected chi connectivity index (χ3v) is 5.97. The Bertz CT molecular complexity index is 1230. The number of rotatable bonds is 2. The highest BCUT2D eigenvalue weighted by Crippen LogP contribution is 2.41. The lowest BCUT2D eigenvalue weighted by Gasteiger charge is -2.04. The van der Waals surface area contributed by atoms with Crippen molar-refractivity contribution in [3.8, 4) is 22.3 Å². The van der Waals surface area contributed by atoms with Crippen molar-refractivity contribution >= 4 is 43.2 Å². The number of hydrogen-bond acceptors (Lipinski definition) is 2. The molecule has 0 aliphatic carbocycles. The second kappa shape index (κ2) is 6.24. The van der Waals surface area contributed by atoms with Gasteiger partial charge in [0.15, 0.2) is 0 Å². The van der Waals surface area contributed by atoms with Crippen molar-refractivity contribution in [2.75, 3.05) is 0 Å². The van der Waals surface area contributed by atoms with E-state index in [4.69, 9.17) is 11.6 Å². The topological polar surface area (TPSA) is 12.9 Å². The lowest BCUT2D eigenvalue weighted by Crippen LogP contribution is -1.83. The Morgan fingerprint density at radius 2 is 1.38 bits per heavy atom. The molecule has 26 heavy (non-hydrogen) atoms. The maximum Gasteiger partial charge on any atom is 0.130 e. The van der Waals surface area contributed by atoms with E-state index in [1.807, 2.05) is 18.2 Å². The van der Waals surface area contributed by atoms with Gasteiger partial charge in [-0.05, 0) is 34.9 Å².